The average Bonchev–Trinajstić information content (AvgIpc) is 2.49. The second-order valence-corrected chi connectivity index (χ2v) is 4.98. The summed E-state index contributed by atoms with van der Waals surface area (Å²) < 4.78 is 10.9. The summed E-state index contributed by atoms with van der Waals surface area (Å²) in [5, 5.41) is 0.595. The van der Waals surface area contributed by atoms with E-state index in [1.165, 1.54) is 5.56 Å². The molecule has 0 aromatic heterocycles. The van der Waals surface area contributed by atoms with Crippen LogP contribution in [0.2, 0.25) is 5.02 Å². The predicted octanol–water partition coefficient (Wildman–Crippen LogP) is 4.71. The van der Waals surface area contributed by atoms with E-state index in [0.717, 1.165) is 17.7 Å². The molecule has 106 valence electrons. The van der Waals surface area contributed by atoms with E-state index in [9.17, 15) is 0 Å². The summed E-state index contributed by atoms with van der Waals surface area (Å²) in [5.74, 6) is 1.92. The highest BCUT2D eigenvalue weighted by molar-refractivity contribution is 6.32. The van der Waals surface area contributed by atoms with E-state index in [1.807, 2.05) is 36.4 Å². The van der Waals surface area contributed by atoms with Crippen LogP contribution in [0.3, 0.4) is 0 Å². The number of halogens is 2. The second kappa shape index (κ2) is 7.41. The molecule has 0 unspecified atom stereocenters. The minimum absolute atomic E-state index is 0.387. The molecule has 0 spiro atoms. The number of hydrogen-bond donors (Lipinski definition) is 0. The zero-order valence-corrected chi connectivity index (χ0v) is 12.7. The van der Waals surface area contributed by atoms with Gasteiger partial charge in [0.15, 0.2) is 0 Å². The summed E-state index contributed by atoms with van der Waals surface area (Å²) in [6.45, 7) is 0.556. The molecule has 0 aliphatic carbocycles. The quantitative estimate of drug-likeness (QED) is 0.719. The first-order valence-electron chi connectivity index (χ1n) is 6.33. The molecule has 20 heavy (non-hydrogen) atoms. The summed E-state index contributed by atoms with van der Waals surface area (Å²) in [4.78, 5) is 0. The van der Waals surface area contributed by atoms with E-state index in [-0.39, 0.29) is 0 Å². The molecular weight excluding hydrogens is 295 g/mol. The minimum Gasteiger partial charge on any atom is -0.497 e. The first kappa shape index (κ1) is 15.0. The fraction of sp³-hybridized carbons (Fsp3) is 0.250. The van der Waals surface area contributed by atoms with Crippen molar-refractivity contribution in [2.24, 2.45) is 0 Å². The van der Waals surface area contributed by atoms with Crippen LogP contribution in [-0.4, -0.2) is 13.7 Å². The lowest BCUT2D eigenvalue weighted by molar-refractivity contribution is 0.319. The number of alkyl halides is 1. The van der Waals surface area contributed by atoms with Crippen LogP contribution < -0.4 is 9.47 Å². The molecule has 4 heteroatoms. The minimum atomic E-state index is 0.387. The van der Waals surface area contributed by atoms with Crippen LogP contribution in [0.4, 0.5) is 0 Å². The Labute approximate surface area is 129 Å². The van der Waals surface area contributed by atoms with Crippen molar-refractivity contribution in [1.82, 2.24) is 0 Å². The first-order chi connectivity index (χ1) is 9.74. The van der Waals surface area contributed by atoms with Crippen molar-refractivity contribution in [1.29, 1.82) is 0 Å². The van der Waals surface area contributed by atoms with Crippen molar-refractivity contribution in [3.05, 3.63) is 58.6 Å². The molecule has 0 aliphatic rings. The molecule has 0 bridgehead atoms. The SMILES string of the molecule is COc1ccc(CCOc2c(Cl)cccc2CCl)cc1. The number of hydrogen-bond acceptors (Lipinski definition) is 2. The summed E-state index contributed by atoms with van der Waals surface area (Å²) in [6.07, 6.45) is 0.803. The molecule has 0 N–H and O–H groups in total. The van der Waals surface area contributed by atoms with Gasteiger partial charge in [-0.2, -0.15) is 0 Å². The molecule has 0 atom stereocenters. The van der Waals surface area contributed by atoms with Gasteiger partial charge in [0.1, 0.15) is 11.5 Å². The van der Waals surface area contributed by atoms with Crippen molar-refractivity contribution < 1.29 is 9.47 Å². The molecule has 0 amide bonds. The van der Waals surface area contributed by atoms with Crippen LogP contribution >= 0.6 is 23.2 Å². The lowest BCUT2D eigenvalue weighted by Crippen LogP contribution is -2.03. The Morgan fingerprint density at radius 2 is 1.80 bits per heavy atom. The van der Waals surface area contributed by atoms with Crippen molar-refractivity contribution in [2.45, 2.75) is 12.3 Å². The average molecular weight is 311 g/mol. The van der Waals surface area contributed by atoms with Gasteiger partial charge in [-0.25, -0.2) is 0 Å². The van der Waals surface area contributed by atoms with Gasteiger partial charge in [0.05, 0.1) is 24.6 Å². The largest absolute Gasteiger partial charge is 0.497 e. The molecular formula is C16H16Cl2O2. The Hall–Kier alpha value is -1.38. The molecule has 0 heterocycles. The summed E-state index contributed by atoms with van der Waals surface area (Å²) >= 11 is 12.0. The maximum Gasteiger partial charge on any atom is 0.142 e. The molecule has 0 aliphatic heterocycles. The molecule has 0 saturated carbocycles. The smallest absolute Gasteiger partial charge is 0.142 e. The fourth-order valence-corrected chi connectivity index (χ4v) is 2.34. The molecule has 2 nitrogen and oxygen atoms in total. The zero-order valence-electron chi connectivity index (χ0n) is 11.2. The summed E-state index contributed by atoms with van der Waals surface area (Å²) in [6, 6.07) is 13.5. The van der Waals surface area contributed by atoms with Gasteiger partial charge in [0.25, 0.3) is 0 Å². The van der Waals surface area contributed by atoms with E-state index in [0.29, 0.717) is 23.3 Å². The highest BCUT2D eigenvalue weighted by atomic mass is 35.5. The molecule has 2 rings (SSSR count). The highest BCUT2D eigenvalue weighted by Gasteiger charge is 2.07. The lowest BCUT2D eigenvalue weighted by atomic mass is 10.1. The third-order valence-corrected chi connectivity index (χ3v) is 3.57. The van der Waals surface area contributed by atoms with Crippen LogP contribution in [0, 0.1) is 0 Å². The van der Waals surface area contributed by atoms with E-state index in [2.05, 4.69) is 0 Å². The highest BCUT2D eigenvalue weighted by Crippen LogP contribution is 2.29. The normalized spacial score (nSPS) is 10.3. The first-order valence-corrected chi connectivity index (χ1v) is 7.25. The Morgan fingerprint density at radius 1 is 1.05 bits per heavy atom. The third-order valence-electron chi connectivity index (χ3n) is 2.99. The molecule has 0 radical (unpaired) electrons. The van der Waals surface area contributed by atoms with Crippen LogP contribution in [-0.2, 0) is 12.3 Å². The Bertz CT molecular complexity index is 553. The van der Waals surface area contributed by atoms with Crippen LogP contribution in [0.25, 0.3) is 0 Å². The number of ether oxygens (including phenoxy) is 2. The maximum atomic E-state index is 6.13. The number of para-hydroxylation sites is 1. The number of benzene rings is 2. The Kier molecular flexibility index (Phi) is 5.57. The summed E-state index contributed by atoms with van der Waals surface area (Å²) in [7, 11) is 1.66. The van der Waals surface area contributed by atoms with Gasteiger partial charge in [-0.15, -0.1) is 11.6 Å². The zero-order chi connectivity index (χ0) is 14.4. The van der Waals surface area contributed by atoms with Crippen LogP contribution in [0.15, 0.2) is 42.5 Å². The van der Waals surface area contributed by atoms with Gasteiger partial charge in [-0.3, -0.25) is 0 Å². The molecule has 2 aromatic carbocycles. The third kappa shape index (κ3) is 3.81. The van der Waals surface area contributed by atoms with Gasteiger partial charge >= 0.3 is 0 Å². The van der Waals surface area contributed by atoms with Crippen molar-refractivity contribution in [3.8, 4) is 11.5 Å². The predicted molar refractivity (Wildman–Crippen MR) is 83.2 cm³/mol. The Morgan fingerprint density at radius 3 is 2.45 bits per heavy atom. The van der Waals surface area contributed by atoms with E-state index in [1.54, 1.807) is 13.2 Å². The van der Waals surface area contributed by atoms with Crippen LogP contribution in [0.1, 0.15) is 11.1 Å². The van der Waals surface area contributed by atoms with E-state index >= 15 is 0 Å². The fourth-order valence-electron chi connectivity index (χ4n) is 1.88. The van der Waals surface area contributed by atoms with Gasteiger partial charge in [-0.05, 0) is 23.8 Å². The van der Waals surface area contributed by atoms with Crippen molar-refractivity contribution in [2.75, 3.05) is 13.7 Å². The Balaban J connectivity index is 1.95. The van der Waals surface area contributed by atoms with E-state index < -0.39 is 0 Å². The summed E-state index contributed by atoms with van der Waals surface area (Å²) in [5.41, 5.74) is 2.10. The maximum absolute atomic E-state index is 6.13. The van der Waals surface area contributed by atoms with Gasteiger partial charge in [0.2, 0.25) is 0 Å². The van der Waals surface area contributed by atoms with Gasteiger partial charge in [-0.1, -0.05) is 35.9 Å². The topological polar surface area (TPSA) is 18.5 Å². The number of rotatable bonds is 6. The molecule has 0 fully saturated rings. The lowest BCUT2D eigenvalue weighted by Gasteiger charge is -2.11. The van der Waals surface area contributed by atoms with E-state index in [4.69, 9.17) is 32.7 Å². The molecule has 0 saturated heterocycles. The monoisotopic (exact) mass is 310 g/mol. The number of methoxy groups -OCH3 is 1. The van der Waals surface area contributed by atoms with Crippen LogP contribution in [0.5, 0.6) is 11.5 Å². The van der Waals surface area contributed by atoms with Gasteiger partial charge in [0, 0.05) is 12.0 Å². The molecule has 2 aromatic rings. The van der Waals surface area contributed by atoms with Gasteiger partial charge < -0.3 is 9.47 Å². The standard InChI is InChI=1S/C16H16Cl2O2/c1-19-14-7-5-12(6-8-14)9-10-20-16-13(11-17)3-2-4-15(16)18/h2-8H,9-11H2,1H3. The second-order valence-electron chi connectivity index (χ2n) is 4.31. The van der Waals surface area contributed by atoms with Crippen molar-refractivity contribution in [3.63, 3.8) is 0 Å². The van der Waals surface area contributed by atoms with Crippen molar-refractivity contribution >= 4 is 23.2 Å².